The maximum atomic E-state index is 13.1. The van der Waals surface area contributed by atoms with Gasteiger partial charge < -0.3 is 18.8 Å². The maximum Gasteiger partial charge on any atom is 0.280 e. The number of carbonyl (C=O) groups excluding carboxylic acids is 1. The maximum absolute atomic E-state index is 13.1. The standard InChI is InChI=1S/C21H24N2O6S2/c1-5-31(25,26)17-9-7-6-8-14(17)20(24)22-21-23(12-13-27-2)18-15(28-3)10-11-16(29-4)19(18)30-21/h6-11H,5,12-13H2,1-4H3. The molecule has 0 aliphatic heterocycles. The molecule has 0 aliphatic carbocycles. The summed E-state index contributed by atoms with van der Waals surface area (Å²) in [6.07, 6.45) is 0. The molecule has 0 radical (unpaired) electrons. The lowest BCUT2D eigenvalue weighted by Crippen LogP contribution is -2.20. The molecular formula is C21H24N2O6S2. The topological polar surface area (TPSA) is 96.2 Å². The molecule has 31 heavy (non-hydrogen) atoms. The molecule has 0 atom stereocenters. The molecule has 0 saturated heterocycles. The summed E-state index contributed by atoms with van der Waals surface area (Å²) in [5.41, 5.74) is 0.768. The monoisotopic (exact) mass is 464 g/mol. The van der Waals surface area contributed by atoms with Crippen LogP contribution in [0.15, 0.2) is 46.3 Å². The fourth-order valence-corrected chi connectivity index (χ4v) is 5.40. The molecular weight excluding hydrogens is 440 g/mol. The van der Waals surface area contributed by atoms with E-state index in [1.54, 1.807) is 45.6 Å². The fraction of sp³-hybridized carbons (Fsp3) is 0.333. The third-order valence-electron chi connectivity index (χ3n) is 4.74. The summed E-state index contributed by atoms with van der Waals surface area (Å²) in [6, 6.07) is 9.68. The van der Waals surface area contributed by atoms with Crippen LogP contribution in [0.25, 0.3) is 10.2 Å². The van der Waals surface area contributed by atoms with Gasteiger partial charge in [0.2, 0.25) is 0 Å². The van der Waals surface area contributed by atoms with E-state index >= 15 is 0 Å². The summed E-state index contributed by atoms with van der Waals surface area (Å²) in [4.78, 5) is 17.7. The van der Waals surface area contributed by atoms with Crippen LogP contribution in [0.4, 0.5) is 0 Å². The average molecular weight is 465 g/mol. The van der Waals surface area contributed by atoms with Crippen molar-refractivity contribution in [3.05, 3.63) is 46.8 Å². The molecule has 3 aromatic rings. The Labute approximate surface area is 184 Å². The molecule has 0 bridgehead atoms. The number of methoxy groups -OCH3 is 3. The van der Waals surface area contributed by atoms with Gasteiger partial charge in [-0.2, -0.15) is 4.99 Å². The van der Waals surface area contributed by atoms with Crippen molar-refractivity contribution in [3.63, 3.8) is 0 Å². The predicted molar refractivity (Wildman–Crippen MR) is 119 cm³/mol. The first-order valence-corrected chi connectivity index (χ1v) is 12.0. The lowest BCUT2D eigenvalue weighted by atomic mass is 10.2. The van der Waals surface area contributed by atoms with Crippen LogP contribution in [-0.4, -0.2) is 52.6 Å². The largest absolute Gasteiger partial charge is 0.495 e. The number of hydrogen-bond acceptors (Lipinski definition) is 7. The minimum absolute atomic E-state index is 0.0223. The highest BCUT2D eigenvalue weighted by molar-refractivity contribution is 7.91. The minimum atomic E-state index is -3.58. The Morgan fingerprint density at radius 2 is 1.74 bits per heavy atom. The van der Waals surface area contributed by atoms with Gasteiger partial charge in [0, 0.05) is 13.7 Å². The molecule has 1 aromatic heterocycles. The Kier molecular flexibility index (Phi) is 7.14. The van der Waals surface area contributed by atoms with Crippen LogP contribution in [0, 0.1) is 0 Å². The molecule has 0 fully saturated rings. The zero-order valence-corrected chi connectivity index (χ0v) is 19.4. The highest BCUT2D eigenvalue weighted by Crippen LogP contribution is 2.35. The molecule has 2 aromatic carbocycles. The van der Waals surface area contributed by atoms with Gasteiger partial charge in [0.1, 0.15) is 21.7 Å². The predicted octanol–water partition coefficient (Wildman–Crippen LogP) is 2.90. The zero-order chi connectivity index (χ0) is 22.6. The molecule has 0 unspecified atom stereocenters. The molecule has 0 saturated carbocycles. The molecule has 0 aliphatic rings. The van der Waals surface area contributed by atoms with Gasteiger partial charge in [-0.05, 0) is 24.3 Å². The summed E-state index contributed by atoms with van der Waals surface area (Å²) in [6.45, 7) is 2.34. The number of nitrogens with zero attached hydrogens (tertiary/aromatic N) is 2. The summed E-state index contributed by atoms with van der Waals surface area (Å²) in [7, 11) is 1.13. The van der Waals surface area contributed by atoms with Crippen LogP contribution >= 0.6 is 11.3 Å². The Balaban J connectivity index is 2.27. The quantitative estimate of drug-likeness (QED) is 0.509. The lowest BCUT2D eigenvalue weighted by molar-refractivity contribution is 0.0994. The SMILES string of the molecule is CCS(=O)(=O)c1ccccc1C(=O)N=c1sc2c(OC)ccc(OC)c2n1CCOC. The van der Waals surface area contributed by atoms with E-state index in [9.17, 15) is 13.2 Å². The van der Waals surface area contributed by atoms with Crippen molar-refractivity contribution in [2.45, 2.75) is 18.4 Å². The molecule has 8 nitrogen and oxygen atoms in total. The van der Waals surface area contributed by atoms with Crippen molar-refractivity contribution in [2.24, 2.45) is 4.99 Å². The number of fused-ring (bicyclic) bond motifs is 1. The number of rotatable bonds is 8. The van der Waals surface area contributed by atoms with Gasteiger partial charge in [-0.1, -0.05) is 30.4 Å². The highest BCUT2D eigenvalue weighted by Gasteiger charge is 2.21. The summed E-state index contributed by atoms with van der Waals surface area (Å²) < 4.78 is 43.7. The number of aromatic nitrogens is 1. The first-order valence-electron chi connectivity index (χ1n) is 9.52. The number of thiazole rings is 1. The second-order valence-corrected chi connectivity index (χ2v) is 9.72. The van der Waals surface area contributed by atoms with Gasteiger partial charge in [0.15, 0.2) is 14.6 Å². The normalized spacial score (nSPS) is 12.3. The van der Waals surface area contributed by atoms with E-state index in [-0.39, 0.29) is 16.2 Å². The Bertz CT molecular complexity index is 1270. The summed E-state index contributed by atoms with van der Waals surface area (Å²) in [5.74, 6) is 0.478. The second-order valence-electron chi connectivity index (χ2n) is 6.49. The lowest BCUT2D eigenvalue weighted by Gasteiger charge is -2.10. The van der Waals surface area contributed by atoms with Gasteiger partial charge in [-0.15, -0.1) is 0 Å². The Hall–Kier alpha value is -2.69. The van der Waals surface area contributed by atoms with Crippen LogP contribution in [0.2, 0.25) is 0 Å². The van der Waals surface area contributed by atoms with E-state index < -0.39 is 15.7 Å². The second kappa shape index (κ2) is 9.63. The summed E-state index contributed by atoms with van der Waals surface area (Å²) in [5, 5.41) is 0. The number of benzene rings is 2. The van der Waals surface area contributed by atoms with Gasteiger partial charge in [0.25, 0.3) is 5.91 Å². The smallest absolute Gasteiger partial charge is 0.280 e. The molecule has 3 rings (SSSR count). The fourth-order valence-electron chi connectivity index (χ4n) is 3.15. The van der Waals surface area contributed by atoms with Crippen LogP contribution < -0.4 is 14.3 Å². The number of hydrogen-bond donors (Lipinski definition) is 0. The number of carbonyl (C=O) groups is 1. The zero-order valence-electron chi connectivity index (χ0n) is 17.7. The molecule has 10 heteroatoms. The molecule has 0 spiro atoms. The minimum Gasteiger partial charge on any atom is -0.495 e. The third-order valence-corrected chi connectivity index (χ3v) is 7.62. The Morgan fingerprint density at radius 3 is 2.39 bits per heavy atom. The number of sulfone groups is 1. The van der Waals surface area contributed by atoms with Crippen LogP contribution in [0.5, 0.6) is 11.5 Å². The molecule has 1 amide bonds. The molecule has 166 valence electrons. The molecule has 1 heterocycles. The van der Waals surface area contributed by atoms with Crippen LogP contribution in [0.3, 0.4) is 0 Å². The number of amides is 1. The van der Waals surface area contributed by atoms with Gasteiger partial charge in [0.05, 0.1) is 37.0 Å². The van der Waals surface area contributed by atoms with E-state index in [2.05, 4.69) is 4.99 Å². The average Bonchev–Trinajstić information content (AvgIpc) is 3.14. The Morgan fingerprint density at radius 1 is 1.06 bits per heavy atom. The van der Waals surface area contributed by atoms with Gasteiger partial charge in [-0.3, -0.25) is 4.79 Å². The van der Waals surface area contributed by atoms with Crippen molar-refractivity contribution >= 4 is 37.3 Å². The number of ether oxygens (including phenoxy) is 3. The van der Waals surface area contributed by atoms with Gasteiger partial charge >= 0.3 is 0 Å². The van der Waals surface area contributed by atoms with Crippen molar-refractivity contribution in [2.75, 3.05) is 33.7 Å². The van der Waals surface area contributed by atoms with Crippen molar-refractivity contribution in [1.82, 2.24) is 4.57 Å². The van der Waals surface area contributed by atoms with E-state index in [1.807, 2.05) is 4.57 Å². The molecule has 0 N–H and O–H groups in total. The van der Waals surface area contributed by atoms with E-state index in [0.717, 1.165) is 10.2 Å². The third kappa shape index (κ3) is 4.51. The summed E-state index contributed by atoms with van der Waals surface area (Å²) >= 11 is 1.26. The highest BCUT2D eigenvalue weighted by atomic mass is 32.2. The van der Waals surface area contributed by atoms with Crippen LogP contribution in [-0.2, 0) is 21.1 Å². The van der Waals surface area contributed by atoms with Crippen LogP contribution in [0.1, 0.15) is 17.3 Å². The van der Waals surface area contributed by atoms with Crippen molar-refractivity contribution < 1.29 is 27.4 Å². The van der Waals surface area contributed by atoms with Crippen molar-refractivity contribution in [3.8, 4) is 11.5 Å². The van der Waals surface area contributed by atoms with E-state index in [4.69, 9.17) is 14.2 Å². The van der Waals surface area contributed by atoms with E-state index in [1.165, 1.54) is 30.4 Å². The first-order chi connectivity index (χ1) is 14.9. The van der Waals surface area contributed by atoms with Crippen molar-refractivity contribution in [1.29, 1.82) is 0 Å². The first kappa shape index (κ1) is 23.0. The van der Waals surface area contributed by atoms with E-state index in [0.29, 0.717) is 29.5 Å². The van der Waals surface area contributed by atoms with Gasteiger partial charge in [-0.25, -0.2) is 8.42 Å².